The molecule has 1 aromatic heterocycles. The molecule has 5 rings (SSSR count). The molecule has 0 aliphatic heterocycles. The Morgan fingerprint density at radius 2 is 1.80 bits per heavy atom. The Balaban J connectivity index is 1.36. The molecule has 0 amide bonds. The van der Waals surface area contributed by atoms with Gasteiger partial charge in [-0.2, -0.15) is 11.3 Å². The molecule has 110 valence electrons. The number of hydrogen-bond donors (Lipinski definition) is 1. The highest BCUT2D eigenvalue weighted by Gasteiger charge is 2.50. The molecule has 2 heteroatoms. The van der Waals surface area contributed by atoms with Crippen molar-refractivity contribution in [1.29, 1.82) is 0 Å². The van der Waals surface area contributed by atoms with Crippen LogP contribution in [0.2, 0.25) is 0 Å². The smallest absolute Gasteiger partial charge is 0.00472 e. The summed E-state index contributed by atoms with van der Waals surface area (Å²) in [6.07, 6.45) is 12.8. The summed E-state index contributed by atoms with van der Waals surface area (Å²) in [5.74, 6) is 3.18. The zero-order chi connectivity index (χ0) is 13.6. The first-order valence-corrected chi connectivity index (χ1v) is 9.42. The van der Waals surface area contributed by atoms with Crippen molar-refractivity contribution < 1.29 is 0 Å². The van der Waals surface area contributed by atoms with Crippen LogP contribution in [0.25, 0.3) is 0 Å². The summed E-state index contributed by atoms with van der Waals surface area (Å²) < 4.78 is 0. The molecule has 4 aliphatic carbocycles. The molecule has 1 atom stereocenters. The summed E-state index contributed by atoms with van der Waals surface area (Å²) in [5, 5.41) is 4.46. The molecule has 0 aromatic carbocycles. The monoisotopic (exact) mass is 289 g/mol. The van der Waals surface area contributed by atoms with Crippen LogP contribution >= 0.6 is 11.3 Å². The van der Waals surface area contributed by atoms with Crippen LogP contribution in [0.15, 0.2) is 16.8 Å². The number of rotatable bonds is 5. The fraction of sp³-hybridized carbons (Fsp3) is 0.778. The van der Waals surface area contributed by atoms with E-state index in [0.717, 1.165) is 17.8 Å². The van der Waals surface area contributed by atoms with E-state index in [0.29, 0.717) is 11.5 Å². The third-order valence-corrected chi connectivity index (χ3v) is 6.98. The Morgan fingerprint density at radius 1 is 1.15 bits per heavy atom. The molecular formula is C18H27NS. The average molecular weight is 289 g/mol. The van der Waals surface area contributed by atoms with Crippen molar-refractivity contribution in [1.82, 2.24) is 0 Å². The van der Waals surface area contributed by atoms with Crippen molar-refractivity contribution in [3.8, 4) is 0 Å². The van der Waals surface area contributed by atoms with Gasteiger partial charge in [0.05, 0.1) is 0 Å². The molecule has 0 saturated heterocycles. The number of nitrogens with two attached hydrogens (primary N) is 1. The van der Waals surface area contributed by atoms with Gasteiger partial charge in [0, 0.05) is 6.04 Å². The summed E-state index contributed by atoms with van der Waals surface area (Å²) in [5.41, 5.74) is 8.65. The maximum absolute atomic E-state index is 6.52. The average Bonchev–Trinajstić information content (AvgIpc) is 2.87. The minimum atomic E-state index is 0.422. The van der Waals surface area contributed by atoms with Gasteiger partial charge in [0.15, 0.2) is 0 Å². The minimum Gasteiger partial charge on any atom is -0.328 e. The predicted molar refractivity (Wildman–Crippen MR) is 85.8 cm³/mol. The summed E-state index contributed by atoms with van der Waals surface area (Å²) in [4.78, 5) is 0. The van der Waals surface area contributed by atoms with Gasteiger partial charge in [-0.05, 0) is 103 Å². The van der Waals surface area contributed by atoms with Gasteiger partial charge in [0.25, 0.3) is 0 Å². The quantitative estimate of drug-likeness (QED) is 0.841. The van der Waals surface area contributed by atoms with Crippen LogP contribution in [0.1, 0.15) is 56.9 Å². The molecule has 4 saturated carbocycles. The highest BCUT2D eigenvalue weighted by molar-refractivity contribution is 7.07. The van der Waals surface area contributed by atoms with Crippen molar-refractivity contribution in [3.05, 3.63) is 22.4 Å². The van der Waals surface area contributed by atoms with E-state index >= 15 is 0 Å². The molecule has 1 heterocycles. The van der Waals surface area contributed by atoms with E-state index < -0.39 is 0 Å². The first kappa shape index (κ1) is 13.3. The molecule has 1 unspecified atom stereocenters. The Bertz CT molecular complexity index is 415. The summed E-state index contributed by atoms with van der Waals surface area (Å²) in [6, 6.07) is 2.67. The normalized spacial score (nSPS) is 40.1. The van der Waals surface area contributed by atoms with Gasteiger partial charge >= 0.3 is 0 Å². The van der Waals surface area contributed by atoms with Crippen LogP contribution in [0.5, 0.6) is 0 Å². The van der Waals surface area contributed by atoms with E-state index in [1.54, 1.807) is 30.6 Å². The molecule has 0 spiro atoms. The van der Waals surface area contributed by atoms with Gasteiger partial charge in [-0.15, -0.1) is 0 Å². The first-order valence-electron chi connectivity index (χ1n) is 8.47. The lowest BCUT2D eigenvalue weighted by atomic mass is 9.48. The number of aryl methyl sites for hydroxylation is 1. The molecule has 0 radical (unpaired) electrons. The van der Waals surface area contributed by atoms with Crippen molar-refractivity contribution >= 4 is 11.3 Å². The maximum Gasteiger partial charge on any atom is 0.00472 e. The topological polar surface area (TPSA) is 26.0 Å². The molecular weight excluding hydrogens is 262 g/mol. The molecule has 4 bridgehead atoms. The van der Waals surface area contributed by atoms with E-state index in [1.807, 2.05) is 0 Å². The molecule has 1 nitrogen and oxygen atoms in total. The second-order valence-electron chi connectivity index (χ2n) is 8.05. The van der Waals surface area contributed by atoms with Gasteiger partial charge in [0.1, 0.15) is 0 Å². The van der Waals surface area contributed by atoms with Crippen LogP contribution < -0.4 is 5.73 Å². The lowest BCUT2D eigenvalue weighted by molar-refractivity contribution is -0.0606. The maximum atomic E-state index is 6.52. The van der Waals surface area contributed by atoms with Crippen molar-refractivity contribution in [2.24, 2.45) is 28.9 Å². The number of thiophene rings is 1. The Kier molecular flexibility index (Phi) is 3.42. The Labute approximate surface area is 127 Å². The zero-order valence-electron chi connectivity index (χ0n) is 12.4. The third-order valence-electron chi connectivity index (χ3n) is 6.24. The van der Waals surface area contributed by atoms with Crippen LogP contribution in [0, 0.1) is 23.2 Å². The van der Waals surface area contributed by atoms with Crippen LogP contribution in [0.4, 0.5) is 0 Å². The molecule has 4 fully saturated rings. The summed E-state index contributed by atoms with van der Waals surface area (Å²) in [7, 11) is 0. The fourth-order valence-corrected chi connectivity index (χ4v) is 6.69. The fourth-order valence-electron chi connectivity index (χ4n) is 5.99. The standard InChI is InChI=1S/C18H27NS/c19-17(2-1-13-3-4-20-12-13)11-18-8-14-5-15(9-18)7-16(6-14)10-18/h3-4,12,14-17H,1-2,5-11,19H2. The minimum absolute atomic E-state index is 0.422. The summed E-state index contributed by atoms with van der Waals surface area (Å²) in [6.45, 7) is 0. The Morgan fingerprint density at radius 3 is 2.35 bits per heavy atom. The summed E-state index contributed by atoms with van der Waals surface area (Å²) >= 11 is 1.81. The van der Waals surface area contributed by atoms with E-state index in [2.05, 4.69) is 16.8 Å². The van der Waals surface area contributed by atoms with Gasteiger partial charge in [0.2, 0.25) is 0 Å². The van der Waals surface area contributed by atoms with E-state index in [4.69, 9.17) is 5.73 Å². The largest absolute Gasteiger partial charge is 0.328 e. The van der Waals surface area contributed by atoms with Crippen LogP contribution in [-0.2, 0) is 6.42 Å². The van der Waals surface area contributed by atoms with Gasteiger partial charge < -0.3 is 5.73 Å². The van der Waals surface area contributed by atoms with Crippen molar-refractivity contribution in [2.75, 3.05) is 0 Å². The zero-order valence-corrected chi connectivity index (χ0v) is 13.2. The Hall–Kier alpha value is -0.340. The van der Waals surface area contributed by atoms with Crippen LogP contribution in [-0.4, -0.2) is 6.04 Å². The van der Waals surface area contributed by atoms with Crippen LogP contribution in [0.3, 0.4) is 0 Å². The highest BCUT2D eigenvalue weighted by atomic mass is 32.1. The second-order valence-corrected chi connectivity index (χ2v) is 8.83. The van der Waals surface area contributed by atoms with E-state index in [-0.39, 0.29) is 0 Å². The van der Waals surface area contributed by atoms with Gasteiger partial charge in [-0.1, -0.05) is 0 Å². The van der Waals surface area contributed by atoms with Crippen molar-refractivity contribution in [3.63, 3.8) is 0 Å². The lowest BCUT2D eigenvalue weighted by Gasteiger charge is -2.57. The first-order chi connectivity index (χ1) is 9.71. The van der Waals surface area contributed by atoms with Crippen molar-refractivity contribution in [2.45, 2.75) is 63.8 Å². The van der Waals surface area contributed by atoms with E-state index in [1.165, 1.54) is 44.1 Å². The van der Waals surface area contributed by atoms with Gasteiger partial charge in [-0.3, -0.25) is 0 Å². The predicted octanol–water partition coefficient (Wildman–Crippen LogP) is 4.61. The second kappa shape index (κ2) is 5.14. The molecule has 4 aliphatic rings. The molecule has 1 aromatic rings. The van der Waals surface area contributed by atoms with Gasteiger partial charge in [-0.25, -0.2) is 0 Å². The van der Waals surface area contributed by atoms with E-state index in [9.17, 15) is 0 Å². The SMILES string of the molecule is NC(CCc1ccsc1)CC12CC3CC(CC(C3)C1)C2. The third kappa shape index (κ3) is 2.57. The number of hydrogen-bond acceptors (Lipinski definition) is 2. The highest BCUT2D eigenvalue weighted by Crippen LogP contribution is 2.61. The molecule has 2 N–H and O–H groups in total. The molecule has 20 heavy (non-hydrogen) atoms. The lowest BCUT2D eigenvalue weighted by Crippen LogP contribution is -2.48.